The molecule has 0 spiro atoms. The Balaban J connectivity index is 2.09. The van der Waals surface area contributed by atoms with Crippen LogP contribution in [0.25, 0.3) is 10.9 Å². The Hall–Kier alpha value is -1.77. The maximum absolute atomic E-state index is 11.0. The van der Waals surface area contributed by atoms with E-state index < -0.39 is 5.97 Å². The van der Waals surface area contributed by atoms with E-state index in [0.29, 0.717) is 6.42 Å². The molecule has 1 aromatic carbocycles. The second-order valence-electron chi connectivity index (χ2n) is 4.41. The smallest absolute Gasteiger partial charge is 0.306 e. The van der Waals surface area contributed by atoms with Gasteiger partial charge in [0, 0.05) is 23.0 Å². The van der Waals surface area contributed by atoms with Crippen molar-refractivity contribution in [2.24, 2.45) is 5.92 Å². The van der Waals surface area contributed by atoms with E-state index in [2.05, 4.69) is 11.1 Å². The minimum Gasteiger partial charge on any atom is -0.481 e. The molecule has 1 aliphatic carbocycles. The van der Waals surface area contributed by atoms with Gasteiger partial charge in [-0.25, -0.2) is 0 Å². The molecule has 1 heterocycles. The maximum atomic E-state index is 11.0. The van der Waals surface area contributed by atoms with Crippen molar-refractivity contribution in [3.63, 3.8) is 0 Å². The fourth-order valence-electron chi connectivity index (χ4n) is 2.59. The summed E-state index contributed by atoms with van der Waals surface area (Å²) in [6.07, 6.45) is 2.26. The highest BCUT2D eigenvalue weighted by Gasteiger charge is 2.26. The lowest BCUT2D eigenvalue weighted by molar-refractivity contribution is -0.142. The molecule has 0 unspecified atom stereocenters. The van der Waals surface area contributed by atoms with Crippen molar-refractivity contribution in [2.45, 2.75) is 19.3 Å². The van der Waals surface area contributed by atoms with Crippen molar-refractivity contribution in [1.29, 1.82) is 0 Å². The van der Waals surface area contributed by atoms with Crippen LogP contribution >= 0.6 is 0 Å². The molecule has 1 atom stereocenters. The molecule has 16 heavy (non-hydrogen) atoms. The molecule has 1 aliphatic rings. The van der Waals surface area contributed by atoms with E-state index in [1.54, 1.807) is 0 Å². The zero-order valence-corrected chi connectivity index (χ0v) is 8.86. The molecule has 0 aliphatic heterocycles. The molecule has 3 heteroatoms. The molecule has 0 radical (unpaired) electrons. The lowest BCUT2D eigenvalue weighted by Gasteiger charge is -2.18. The van der Waals surface area contributed by atoms with Crippen LogP contribution in [0.4, 0.5) is 0 Å². The number of hydrogen-bond donors (Lipinski definition) is 2. The first kappa shape index (κ1) is 9.46. The molecule has 82 valence electrons. The number of carbonyl (C=O) groups is 1. The van der Waals surface area contributed by atoms with Crippen LogP contribution in [0.15, 0.2) is 24.3 Å². The molecule has 0 amide bonds. The third kappa shape index (κ3) is 1.32. The lowest BCUT2D eigenvalue weighted by atomic mass is 9.87. The van der Waals surface area contributed by atoms with Crippen molar-refractivity contribution < 1.29 is 9.90 Å². The van der Waals surface area contributed by atoms with Gasteiger partial charge in [-0.1, -0.05) is 18.2 Å². The van der Waals surface area contributed by atoms with E-state index >= 15 is 0 Å². The fourth-order valence-corrected chi connectivity index (χ4v) is 2.59. The Kier molecular flexibility index (Phi) is 1.99. The van der Waals surface area contributed by atoms with E-state index in [-0.39, 0.29) is 5.92 Å². The van der Waals surface area contributed by atoms with Gasteiger partial charge >= 0.3 is 5.97 Å². The number of carboxylic acid groups (broad SMARTS) is 1. The molecule has 0 saturated heterocycles. The zero-order chi connectivity index (χ0) is 11.1. The number of rotatable bonds is 1. The van der Waals surface area contributed by atoms with E-state index in [1.807, 2.05) is 18.2 Å². The van der Waals surface area contributed by atoms with Gasteiger partial charge in [-0.2, -0.15) is 0 Å². The SMILES string of the molecule is O=C(O)[C@@H]1CCc2c([nH]c3ccccc23)C1. The van der Waals surface area contributed by atoms with Crippen LogP contribution in [0, 0.1) is 5.92 Å². The van der Waals surface area contributed by atoms with Gasteiger partial charge in [0.1, 0.15) is 0 Å². The lowest BCUT2D eigenvalue weighted by Crippen LogP contribution is -2.21. The molecule has 1 aromatic heterocycles. The highest BCUT2D eigenvalue weighted by Crippen LogP contribution is 2.31. The van der Waals surface area contributed by atoms with E-state index in [0.717, 1.165) is 24.1 Å². The van der Waals surface area contributed by atoms with Crippen LogP contribution in [-0.2, 0) is 17.6 Å². The summed E-state index contributed by atoms with van der Waals surface area (Å²) in [5.74, 6) is -0.898. The number of H-pyrrole nitrogens is 1. The number of aliphatic carboxylic acids is 1. The molecule has 0 saturated carbocycles. The second-order valence-corrected chi connectivity index (χ2v) is 4.41. The summed E-state index contributed by atoms with van der Waals surface area (Å²) in [5.41, 5.74) is 3.55. The Morgan fingerprint density at radius 2 is 2.19 bits per heavy atom. The molecule has 0 fully saturated rings. The van der Waals surface area contributed by atoms with Crippen molar-refractivity contribution in [2.75, 3.05) is 0 Å². The number of aromatic amines is 1. The van der Waals surface area contributed by atoms with Crippen LogP contribution in [-0.4, -0.2) is 16.1 Å². The van der Waals surface area contributed by atoms with E-state index in [4.69, 9.17) is 5.11 Å². The predicted octanol–water partition coefficient (Wildman–Crippen LogP) is 2.36. The van der Waals surface area contributed by atoms with E-state index in [1.165, 1.54) is 10.9 Å². The van der Waals surface area contributed by atoms with Gasteiger partial charge in [0.25, 0.3) is 0 Å². The van der Waals surface area contributed by atoms with Crippen molar-refractivity contribution in [3.05, 3.63) is 35.5 Å². The third-order valence-electron chi connectivity index (χ3n) is 3.44. The number of para-hydroxylation sites is 1. The maximum Gasteiger partial charge on any atom is 0.306 e. The van der Waals surface area contributed by atoms with E-state index in [9.17, 15) is 4.79 Å². The summed E-state index contributed by atoms with van der Waals surface area (Å²) in [6.45, 7) is 0. The molecule has 3 rings (SSSR count). The number of fused-ring (bicyclic) bond motifs is 3. The van der Waals surface area contributed by atoms with Gasteiger partial charge in [-0.05, 0) is 24.5 Å². The van der Waals surface area contributed by atoms with Crippen molar-refractivity contribution >= 4 is 16.9 Å². The number of aromatic nitrogens is 1. The first-order valence-corrected chi connectivity index (χ1v) is 5.57. The summed E-state index contributed by atoms with van der Waals surface area (Å²) in [7, 11) is 0. The zero-order valence-electron chi connectivity index (χ0n) is 8.86. The van der Waals surface area contributed by atoms with Gasteiger partial charge in [0.05, 0.1) is 5.92 Å². The Labute approximate surface area is 93.1 Å². The van der Waals surface area contributed by atoms with Crippen LogP contribution < -0.4 is 0 Å². The first-order valence-electron chi connectivity index (χ1n) is 5.57. The fraction of sp³-hybridized carbons (Fsp3) is 0.308. The van der Waals surface area contributed by atoms with Gasteiger partial charge < -0.3 is 10.1 Å². The van der Waals surface area contributed by atoms with Gasteiger partial charge in [-0.3, -0.25) is 4.79 Å². The summed E-state index contributed by atoms with van der Waals surface area (Å²) < 4.78 is 0. The highest BCUT2D eigenvalue weighted by molar-refractivity contribution is 5.85. The third-order valence-corrected chi connectivity index (χ3v) is 3.44. The summed E-state index contributed by atoms with van der Waals surface area (Å²) >= 11 is 0. The Morgan fingerprint density at radius 3 is 3.00 bits per heavy atom. The van der Waals surface area contributed by atoms with Gasteiger partial charge in [-0.15, -0.1) is 0 Å². The van der Waals surface area contributed by atoms with Crippen molar-refractivity contribution in [3.8, 4) is 0 Å². The summed E-state index contributed by atoms with van der Waals surface area (Å²) in [4.78, 5) is 14.3. The van der Waals surface area contributed by atoms with Gasteiger partial charge in [0.15, 0.2) is 0 Å². The molecule has 0 bridgehead atoms. The number of benzene rings is 1. The monoisotopic (exact) mass is 215 g/mol. The molecule has 2 N–H and O–H groups in total. The molecular formula is C13H13NO2. The van der Waals surface area contributed by atoms with Crippen molar-refractivity contribution in [1.82, 2.24) is 4.98 Å². The normalized spacial score (nSPS) is 19.6. The Bertz CT molecular complexity index is 556. The van der Waals surface area contributed by atoms with Crippen LogP contribution in [0.1, 0.15) is 17.7 Å². The molecule has 3 nitrogen and oxygen atoms in total. The summed E-state index contributed by atoms with van der Waals surface area (Å²) in [6, 6.07) is 8.17. The first-order chi connectivity index (χ1) is 7.75. The topological polar surface area (TPSA) is 53.1 Å². The second kappa shape index (κ2) is 3.37. The average molecular weight is 215 g/mol. The van der Waals surface area contributed by atoms with Crippen LogP contribution in [0.3, 0.4) is 0 Å². The highest BCUT2D eigenvalue weighted by atomic mass is 16.4. The Morgan fingerprint density at radius 1 is 1.38 bits per heavy atom. The standard InChI is InChI=1S/C13H13NO2/c15-13(16)8-5-6-10-9-3-1-2-4-11(9)14-12(10)7-8/h1-4,8,14H,5-7H2,(H,15,16)/t8-/m1/s1. The van der Waals surface area contributed by atoms with Crippen LogP contribution in [0.2, 0.25) is 0 Å². The van der Waals surface area contributed by atoms with Gasteiger partial charge in [0.2, 0.25) is 0 Å². The number of carboxylic acids is 1. The minimum absolute atomic E-state index is 0.222. The number of aryl methyl sites for hydroxylation is 1. The number of hydrogen-bond acceptors (Lipinski definition) is 1. The summed E-state index contributed by atoms with van der Waals surface area (Å²) in [5, 5.41) is 10.3. The van der Waals surface area contributed by atoms with Crippen LogP contribution in [0.5, 0.6) is 0 Å². The number of nitrogens with one attached hydrogen (secondary N) is 1. The molecule has 2 aromatic rings. The predicted molar refractivity (Wildman–Crippen MR) is 61.4 cm³/mol. The average Bonchev–Trinajstić information content (AvgIpc) is 2.66. The minimum atomic E-state index is -0.677. The molecular weight excluding hydrogens is 202 g/mol. The largest absolute Gasteiger partial charge is 0.481 e. The quantitative estimate of drug-likeness (QED) is 0.767.